The smallest absolute Gasteiger partial charge is 0.279 e. The molecular formula is C16H9N3O4. The van der Waals surface area contributed by atoms with E-state index in [1.807, 2.05) is 0 Å². The van der Waals surface area contributed by atoms with Crippen molar-refractivity contribution in [3.8, 4) is 5.88 Å². The number of aromatic nitrogens is 1. The number of aliphatic imine (C=N–C) groups is 1. The molecule has 0 amide bonds. The van der Waals surface area contributed by atoms with Gasteiger partial charge in [-0.2, -0.15) is 0 Å². The van der Waals surface area contributed by atoms with Crippen LogP contribution in [-0.2, 0) is 0 Å². The molecular weight excluding hydrogens is 298 g/mol. The summed E-state index contributed by atoms with van der Waals surface area (Å²) in [5.74, 6) is -0.677. The summed E-state index contributed by atoms with van der Waals surface area (Å²) < 4.78 is 0. The molecule has 2 heterocycles. The largest absolute Gasteiger partial charge is 0.494 e. The molecule has 0 fully saturated rings. The minimum absolute atomic E-state index is 0.00394. The lowest BCUT2D eigenvalue weighted by molar-refractivity contribution is -0.383. The number of para-hydroxylation sites is 1. The first-order chi connectivity index (χ1) is 11.1. The van der Waals surface area contributed by atoms with E-state index in [2.05, 4.69) is 9.98 Å². The predicted molar refractivity (Wildman–Crippen MR) is 83.6 cm³/mol. The van der Waals surface area contributed by atoms with E-state index in [9.17, 15) is 20.0 Å². The second kappa shape index (κ2) is 4.51. The summed E-state index contributed by atoms with van der Waals surface area (Å²) >= 11 is 0. The predicted octanol–water partition coefficient (Wildman–Crippen LogP) is 3.10. The van der Waals surface area contributed by atoms with Crippen LogP contribution in [0.15, 0.2) is 47.5 Å². The number of nitro groups is 1. The Morgan fingerprint density at radius 3 is 2.65 bits per heavy atom. The third-order valence-electron chi connectivity index (χ3n) is 3.81. The molecule has 7 nitrogen and oxygen atoms in total. The lowest BCUT2D eigenvalue weighted by atomic mass is 10.0. The monoisotopic (exact) mass is 307 g/mol. The number of non-ortho nitro benzene ring substituents is 1. The van der Waals surface area contributed by atoms with E-state index in [0.717, 1.165) is 0 Å². The Balaban J connectivity index is 2.03. The molecule has 3 aromatic rings. The first-order valence-electron chi connectivity index (χ1n) is 6.79. The first-order valence-corrected chi connectivity index (χ1v) is 6.79. The maximum atomic E-state index is 12.5. The van der Waals surface area contributed by atoms with Gasteiger partial charge in [-0.05, 0) is 18.2 Å². The molecule has 0 bridgehead atoms. The van der Waals surface area contributed by atoms with Gasteiger partial charge in [0, 0.05) is 11.6 Å². The van der Waals surface area contributed by atoms with Gasteiger partial charge in [-0.15, -0.1) is 0 Å². The number of benzene rings is 2. The molecule has 0 aliphatic carbocycles. The molecule has 1 aromatic heterocycles. The maximum Gasteiger partial charge on any atom is 0.279 e. The van der Waals surface area contributed by atoms with Crippen LogP contribution >= 0.6 is 0 Å². The van der Waals surface area contributed by atoms with Gasteiger partial charge < -0.3 is 10.1 Å². The summed E-state index contributed by atoms with van der Waals surface area (Å²) in [6, 6.07) is 11.2. The van der Waals surface area contributed by atoms with Gasteiger partial charge in [0.15, 0.2) is 5.88 Å². The van der Waals surface area contributed by atoms with Crippen LogP contribution < -0.4 is 0 Å². The molecule has 0 spiro atoms. The van der Waals surface area contributed by atoms with Crippen LogP contribution in [0.1, 0.15) is 15.9 Å². The van der Waals surface area contributed by atoms with Crippen LogP contribution in [0.4, 0.5) is 11.4 Å². The van der Waals surface area contributed by atoms with Crippen LogP contribution in [0, 0.1) is 10.1 Å². The van der Waals surface area contributed by atoms with Crippen molar-refractivity contribution in [1.82, 2.24) is 4.98 Å². The van der Waals surface area contributed by atoms with Crippen molar-refractivity contribution in [3.05, 3.63) is 63.7 Å². The number of fused-ring (bicyclic) bond motifs is 2. The summed E-state index contributed by atoms with van der Waals surface area (Å²) in [6.07, 6.45) is 0. The standard InChI is InChI=1S/C16H9N3O4/c20-15-8-4-1-2-5-9(8)17-14(15)13-12-10(18-16(13)21)6-3-7-11(12)19(22)23/h1-7,18,21H. The average Bonchev–Trinajstić information content (AvgIpc) is 3.03. The highest BCUT2D eigenvalue weighted by Crippen LogP contribution is 2.38. The minimum Gasteiger partial charge on any atom is -0.494 e. The van der Waals surface area contributed by atoms with E-state index in [1.54, 1.807) is 30.3 Å². The highest BCUT2D eigenvalue weighted by atomic mass is 16.6. The Morgan fingerprint density at radius 2 is 1.91 bits per heavy atom. The Hall–Kier alpha value is -3.48. The summed E-state index contributed by atoms with van der Waals surface area (Å²) in [4.78, 5) is 30.2. The van der Waals surface area contributed by atoms with Gasteiger partial charge in [0.25, 0.3) is 5.69 Å². The van der Waals surface area contributed by atoms with Crippen molar-refractivity contribution in [2.45, 2.75) is 0 Å². The van der Waals surface area contributed by atoms with Crippen molar-refractivity contribution < 1.29 is 14.8 Å². The number of carbonyl (C=O) groups is 1. The van der Waals surface area contributed by atoms with E-state index >= 15 is 0 Å². The number of Topliss-reactive ketones (excluding diaryl/α,β-unsaturated/α-hetero) is 1. The molecule has 112 valence electrons. The Kier molecular flexibility index (Phi) is 2.59. The molecule has 0 saturated carbocycles. The maximum absolute atomic E-state index is 12.5. The zero-order valence-electron chi connectivity index (χ0n) is 11.6. The SMILES string of the molecule is O=C1C(c2c(O)[nH]c3cccc([N+](=O)[O-])c23)=Nc2ccccc21. The number of nitrogens with one attached hydrogen (secondary N) is 1. The number of nitro benzene ring substituents is 1. The summed E-state index contributed by atoms with van der Waals surface area (Å²) in [6.45, 7) is 0. The molecule has 2 N–H and O–H groups in total. The van der Waals surface area contributed by atoms with Gasteiger partial charge in [0.05, 0.1) is 27.1 Å². The van der Waals surface area contributed by atoms with Gasteiger partial charge >= 0.3 is 0 Å². The van der Waals surface area contributed by atoms with E-state index in [0.29, 0.717) is 16.8 Å². The first kappa shape index (κ1) is 13.2. The number of rotatable bonds is 2. The number of nitrogens with zero attached hydrogens (tertiary/aromatic N) is 2. The minimum atomic E-state index is -0.549. The number of hydrogen-bond donors (Lipinski definition) is 2. The number of ketones is 1. The molecule has 23 heavy (non-hydrogen) atoms. The third-order valence-corrected chi connectivity index (χ3v) is 3.81. The van der Waals surface area contributed by atoms with E-state index in [4.69, 9.17) is 0 Å². The van der Waals surface area contributed by atoms with Gasteiger partial charge in [-0.25, -0.2) is 4.99 Å². The molecule has 4 rings (SSSR count). The van der Waals surface area contributed by atoms with E-state index in [-0.39, 0.29) is 34.0 Å². The van der Waals surface area contributed by atoms with Crippen LogP contribution in [0.2, 0.25) is 0 Å². The molecule has 0 atom stereocenters. The average molecular weight is 307 g/mol. The molecule has 2 aromatic carbocycles. The van der Waals surface area contributed by atoms with Gasteiger partial charge in [0.1, 0.15) is 5.71 Å². The Bertz CT molecular complexity index is 1030. The van der Waals surface area contributed by atoms with Crippen molar-refractivity contribution >= 4 is 33.8 Å². The fourth-order valence-electron chi connectivity index (χ4n) is 2.83. The Labute approximate surface area is 129 Å². The lowest BCUT2D eigenvalue weighted by Gasteiger charge is -2.00. The summed E-state index contributed by atoms with van der Waals surface area (Å²) in [5.41, 5.74) is 1.14. The highest BCUT2D eigenvalue weighted by Gasteiger charge is 2.32. The van der Waals surface area contributed by atoms with Gasteiger partial charge in [-0.3, -0.25) is 14.9 Å². The highest BCUT2D eigenvalue weighted by molar-refractivity contribution is 6.57. The molecule has 0 unspecified atom stereocenters. The van der Waals surface area contributed by atoms with Gasteiger partial charge in [0.2, 0.25) is 5.78 Å². The molecule has 1 aliphatic rings. The van der Waals surface area contributed by atoms with E-state index < -0.39 is 4.92 Å². The lowest BCUT2D eigenvalue weighted by Crippen LogP contribution is -2.11. The number of aromatic hydroxyl groups is 1. The molecule has 0 saturated heterocycles. The quantitative estimate of drug-likeness (QED) is 0.560. The van der Waals surface area contributed by atoms with Crippen LogP contribution in [-0.4, -0.2) is 26.5 Å². The Morgan fingerprint density at radius 1 is 1.13 bits per heavy atom. The molecule has 0 radical (unpaired) electrons. The number of hydrogen-bond acceptors (Lipinski definition) is 5. The van der Waals surface area contributed by atoms with Gasteiger partial charge in [-0.1, -0.05) is 18.2 Å². The molecule has 7 heteroatoms. The fraction of sp³-hybridized carbons (Fsp3) is 0. The van der Waals surface area contributed by atoms with Crippen LogP contribution in [0.5, 0.6) is 5.88 Å². The summed E-state index contributed by atoms with van der Waals surface area (Å²) in [7, 11) is 0. The molecule has 1 aliphatic heterocycles. The zero-order chi connectivity index (χ0) is 16.1. The van der Waals surface area contributed by atoms with Crippen molar-refractivity contribution in [3.63, 3.8) is 0 Å². The van der Waals surface area contributed by atoms with Crippen molar-refractivity contribution in [2.24, 2.45) is 4.99 Å². The second-order valence-corrected chi connectivity index (χ2v) is 5.11. The topological polar surface area (TPSA) is 109 Å². The fourth-order valence-corrected chi connectivity index (χ4v) is 2.83. The summed E-state index contributed by atoms with van der Waals surface area (Å²) in [5, 5.41) is 21.6. The number of H-pyrrole nitrogens is 1. The normalized spacial score (nSPS) is 13.2. The second-order valence-electron chi connectivity index (χ2n) is 5.11. The van der Waals surface area contributed by atoms with Crippen LogP contribution in [0.25, 0.3) is 10.9 Å². The third kappa shape index (κ3) is 1.76. The van der Waals surface area contributed by atoms with Crippen molar-refractivity contribution in [2.75, 3.05) is 0 Å². The zero-order valence-corrected chi connectivity index (χ0v) is 11.6. The van der Waals surface area contributed by atoms with Crippen molar-refractivity contribution in [1.29, 1.82) is 0 Å². The van der Waals surface area contributed by atoms with E-state index in [1.165, 1.54) is 12.1 Å². The number of carbonyl (C=O) groups excluding carboxylic acids is 1. The number of aromatic amines is 1. The van der Waals surface area contributed by atoms with Crippen LogP contribution in [0.3, 0.4) is 0 Å².